The van der Waals surface area contributed by atoms with Crippen LogP contribution in [0.25, 0.3) is 0 Å². The van der Waals surface area contributed by atoms with Gasteiger partial charge in [-0.25, -0.2) is 0 Å². The van der Waals surface area contributed by atoms with Crippen LogP contribution in [0.1, 0.15) is 13.3 Å². The minimum Gasteiger partial charge on any atom is -0.377 e. The lowest BCUT2D eigenvalue weighted by Crippen LogP contribution is -2.09. The third-order valence-corrected chi connectivity index (χ3v) is 1.56. The minimum atomic E-state index is 0.181. The van der Waals surface area contributed by atoms with Crippen molar-refractivity contribution in [3.05, 3.63) is 23.8 Å². The quantitative estimate of drug-likeness (QED) is 0.612. The number of Topliss-reactive ketones (excluding diaryl/α,β-unsaturated/α-hetero) is 1. The van der Waals surface area contributed by atoms with Gasteiger partial charge in [0.05, 0.1) is 6.61 Å². The smallest absolute Gasteiger partial charge is 0.164 e. The first kappa shape index (κ1) is 8.21. The van der Waals surface area contributed by atoms with E-state index in [1.165, 1.54) is 0 Å². The summed E-state index contributed by atoms with van der Waals surface area (Å²) in [6.07, 6.45) is 6.11. The third kappa shape index (κ3) is 2.31. The number of carbonyl (C=O) groups is 1. The van der Waals surface area contributed by atoms with Crippen LogP contribution in [-0.4, -0.2) is 19.0 Å². The molecule has 11 heavy (non-hydrogen) atoms. The summed E-state index contributed by atoms with van der Waals surface area (Å²) in [6.45, 7) is 3.04. The molecule has 60 valence electrons. The zero-order valence-electron chi connectivity index (χ0n) is 6.67. The van der Waals surface area contributed by atoms with Crippen LogP contribution in [0, 0.1) is 0 Å². The highest BCUT2D eigenvalue weighted by atomic mass is 16.5. The summed E-state index contributed by atoms with van der Waals surface area (Å²) in [7, 11) is 0. The number of hydrogen-bond acceptors (Lipinski definition) is 2. The fourth-order valence-electron chi connectivity index (χ4n) is 0.924. The Morgan fingerprint density at radius 1 is 1.64 bits per heavy atom. The first-order chi connectivity index (χ1) is 5.34. The van der Waals surface area contributed by atoms with Gasteiger partial charge < -0.3 is 4.74 Å². The predicted molar refractivity (Wildman–Crippen MR) is 43.3 cm³/mol. The lowest BCUT2D eigenvalue weighted by molar-refractivity contribution is -0.115. The summed E-state index contributed by atoms with van der Waals surface area (Å²) in [5, 5.41) is 0. The van der Waals surface area contributed by atoms with E-state index < -0.39 is 0 Å². The fourth-order valence-corrected chi connectivity index (χ4v) is 0.924. The van der Waals surface area contributed by atoms with Crippen LogP contribution >= 0.6 is 0 Å². The Bertz CT molecular complexity index is 202. The highest BCUT2D eigenvalue weighted by Crippen LogP contribution is 2.07. The Morgan fingerprint density at radius 3 is 3.09 bits per heavy atom. The lowest BCUT2D eigenvalue weighted by atomic mass is 10.0. The van der Waals surface area contributed by atoms with Gasteiger partial charge in [-0.3, -0.25) is 4.79 Å². The Morgan fingerprint density at radius 2 is 2.45 bits per heavy atom. The number of hydrogen-bond donors (Lipinski definition) is 0. The SMILES string of the molecule is CCOCC1=CC=CCC1=O. The molecule has 0 saturated heterocycles. The molecular weight excluding hydrogens is 140 g/mol. The Balaban J connectivity index is 2.47. The van der Waals surface area contributed by atoms with E-state index in [4.69, 9.17) is 4.74 Å². The molecule has 0 spiro atoms. The zero-order valence-corrected chi connectivity index (χ0v) is 6.67. The van der Waals surface area contributed by atoms with Gasteiger partial charge in [-0.05, 0) is 6.92 Å². The van der Waals surface area contributed by atoms with E-state index in [2.05, 4.69) is 0 Å². The van der Waals surface area contributed by atoms with Crippen molar-refractivity contribution in [2.75, 3.05) is 13.2 Å². The van der Waals surface area contributed by atoms with Gasteiger partial charge in [-0.1, -0.05) is 18.2 Å². The van der Waals surface area contributed by atoms with Gasteiger partial charge in [-0.2, -0.15) is 0 Å². The second-order valence-electron chi connectivity index (χ2n) is 2.38. The molecule has 0 N–H and O–H groups in total. The first-order valence-electron chi connectivity index (χ1n) is 3.81. The molecule has 1 rings (SSSR count). The second-order valence-corrected chi connectivity index (χ2v) is 2.38. The summed E-state index contributed by atoms with van der Waals surface area (Å²) in [5.74, 6) is 0.181. The maximum atomic E-state index is 11.1. The molecule has 0 radical (unpaired) electrons. The van der Waals surface area contributed by atoms with Gasteiger partial charge in [0.2, 0.25) is 0 Å². The van der Waals surface area contributed by atoms with E-state index in [1.54, 1.807) is 0 Å². The van der Waals surface area contributed by atoms with Crippen molar-refractivity contribution in [2.45, 2.75) is 13.3 Å². The van der Waals surface area contributed by atoms with Crippen LogP contribution in [0.15, 0.2) is 23.8 Å². The molecular formula is C9H12O2. The molecule has 0 aromatic heterocycles. The average molecular weight is 152 g/mol. The van der Waals surface area contributed by atoms with Crippen LogP contribution in [0.4, 0.5) is 0 Å². The van der Waals surface area contributed by atoms with Gasteiger partial charge in [-0.15, -0.1) is 0 Å². The van der Waals surface area contributed by atoms with E-state index in [1.807, 2.05) is 25.2 Å². The summed E-state index contributed by atoms with van der Waals surface area (Å²) in [5.41, 5.74) is 0.786. The normalized spacial score (nSPS) is 16.8. The highest BCUT2D eigenvalue weighted by molar-refractivity contribution is 5.97. The Kier molecular flexibility index (Phi) is 3.05. The van der Waals surface area contributed by atoms with E-state index in [0.29, 0.717) is 19.6 Å². The van der Waals surface area contributed by atoms with Crippen LogP contribution in [0.3, 0.4) is 0 Å². The maximum Gasteiger partial charge on any atom is 0.164 e. The van der Waals surface area contributed by atoms with Crippen molar-refractivity contribution in [2.24, 2.45) is 0 Å². The van der Waals surface area contributed by atoms with Crippen molar-refractivity contribution >= 4 is 5.78 Å². The summed E-state index contributed by atoms with van der Waals surface area (Å²) >= 11 is 0. The van der Waals surface area contributed by atoms with Crippen LogP contribution in [0.2, 0.25) is 0 Å². The van der Waals surface area contributed by atoms with Gasteiger partial charge in [0, 0.05) is 18.6 Å². The highest BCUT2D eigenvalue weighted by Gasteiger charge is 2.08. The second kappa shape index (κ2) is 4.09. The molecule has 0 bridgehead atoms. The molecule has 0 heterocycles. The van der Waals surface area contributed by atoms with E-state index in [0.717, 1.165) is 5.57 Å². The van der Waals surface area contributed by atoms with Gasteiger partial charge in [0.25, 0.3) is 0 Å². The molecule has 0 saturated carbocycles. The predicted octanol–water partition coefficient (Wildman–Crippen LogP) is 1.48. The maximum absolute atomic E-state index is 11.1. The fraction of sp³-hybridized carbons (Fsp3) is 0.444. The molecule has 1 aliphatic rings. The van der Waals surface area contributed by atoms with E-state index in [-0.39, 0.29) is 5.78 Å². The van der Waals surface area contributed by atoms with Gasteiger partial charge in [0.15, 0.2) is 5.78 Å². The largest absolute Gasteiger partial charge is 0.377 e. The Hall–Kier alpha value is -0.890. The van der Waals surface area contributed by atoms with Crippen molar-refractivity contribution in [3.8, 4) is 0 Å². The monoisotopic (exact) mass is 152 g/mol. The standard InChI is InChI=1S/C9H12O2/c1-2-11-7-8-5-3-4-6-9(8)10/h3-5H,2,6-7H2,1H3. The van der Waals surface area contributed by atoms with Gasteiger partial charge >= 0.3 is 0 Å². The van der Waals surface area contributed by atoms with Crippen LogP contribution in [-0.2, 0) is 9.53 Å². The summed E-state index contributed by atoms with van der Waals surface area (Å²) in [6, 6.07) is 0. The van der Waals surface area contributed by atoms with Crippen LogP contribution in [0.5, 0.6) is 0 Å². The number of ether oxygens (including phenoxy) is 1. The molecule has 0 amide bonds. The molecule has 0 unspecified atom stereocenters. The van der Waals surface area contributed by atoms with Crippen LogP contribution < -0.4 is 0 Å². The average Bonchev–Trinajstić information content (AvgIpc) is 2.03. The molecule has 0 atom stereocenters. The molecule has 1 aliphatic carbocycles. The van der Waals surface area contributed by atoms with Crippen molar-refractivity contribution in [1.29, 1.82) is 0 Å². The minimum absolute atomic E-state index is 0.181. The molecule has 2 heteroatoms. The van der Waals surface area contributed by atoms with Gasteiger partial charge in [0.1, 0.15) is 0 Å². The van der Waals surface area contributed by atoms with E-state index >= 15 is 0 Å². The molecule has 0 aromatic carbocycles. The van der Waals surface area contributed by atoms with Crippen molar-refractivity contribution in [3.63, 3.8) is 0 Å². The number of carbonyl (C=O) groups excluding carboxylic acids is 1. The number of rotatable bonds is 3. The van der Waals surface area contributed by atoms with E-state index in [9.17, 15) is 4.79 Å². The zero-order chi connectivity index (χ0) is 8.10. The summed E-state index contributed by atoms with van der Waals surface area (Å²) < 4.78 is 5.12. The molecule has 0 fully saturated rings. The lowest BCUT2D eigenvalue weighted by Gasteiger charge is -2.06. The third-order valence-electron chi connectivity index (χ3n) is 1.56. The van der Waals surface area contributed by atoms with Crippen molar-refractivity contribution < 1.29 is 9.53 Å². The number of allylic oxidation sites excluding steroid dienone is 3. The molecule has 0 aliphatic heterocycles. The molecule has 0 aromatic rings. The Labute approximate surface area is 66.5 Å². The van der Waals surface area contributed by atoms with Crippen molar-refractivity contribution in [1.82, 2.24) is 0 Å². The number of ketones is 1. The molecule has 2 nitrogen and oxygen atoms in total. The summed E-state index contributed by atoms with van der Waals surface area (Å²) in [4.78, 5) is 11.1. The topological polar surface area (TPSA) is 26.3 Å². The first-order valence-corrected chi connectivity index (χ1v) is 3.81.